The van der Waals surface area contributed by atoms with Crippen molar-refractivity contribution < 1.29 is 4.79 Å². The Kier molecular flexibility index (Phi) is 5.69. The van der Waals surface area contributed by atoms with Crippen LogP contribution in [0.1, 0.15) is 24.2 Å². The summed E-state index contributed by atoms with van der Waals surface area (Å²) in [6, 6.07) is 0. The van der Waals surface area contributed by atoms with Gasteiger partial charge in [-0.3, -0.25) is 14.2 Å². The molecule has 0 fully saturated rings. The van der Waals surface area contributed by atoms with Gasteiger partial charge in [0.05, 0.1) is 0 Å². The van der Waals surface area contributed by atoms with Gasteiger partial charge in [-0.1, -0.05) is 13.8 Å². The van der Waals surface area contributed by atoms with E-state index in [0.717, 1.165) is 24.2 Å². The first-order valence-electron chi connectivity index (χ1n) is 6.69. The van der Waals surface area contributed by atoms with Gasteiger partial charge >= 0.3 is 5.69 Å². The van der Waals surface area contributed by atoms with E-state index >= 15 is 0 Å². The Hall–Kier alpha value is -1.89. The molecule has 1 aromatic heterocycles. The number of hydrogen-bond donors (Lipinski definition) is 1. The number of nitrogens with one attached hydrogen (secondary N) is 1. The molecular formula is C13H22N4O3. The van der Waals surface area contributed by atoms with Gasteiger partial charge in [0.1, 0.15) is 5.56 Å². The second kappa shape index (κ2) is 7.04. The van der Waals surface area contributed by atoms with Crippen LogP contribution in [0.5, 0.6) is 0 Å². The number of likely N-dealkylation sites (N-methyl/N-ethyl adjacent to an activating group) is 1. The molecule has 7 heteroatoms. The van der Waals surface area contributed by atoms with Gasteiger partial charge in [0, 0.05) is 33.4 Å². The summed E-state index contributed by atoms with van der Waals surface area (Å²) in [6.45, 7) is 7.11. The van der Waals surface area contributed by atoms with Crippen molar-refractivity contribution in [3.63, 3.8) is 0 Å². The first-order valence-corrected chi connectivity index (χ1v) is 6.69. The van der Waals surface area contributed by atoms with Gasteiger partial charge < -0.3 is 14.8 Å². The van der Waals surface area contributed by atoms with Gasteiger partial charge in [0.25, 0.3) is 11.5 Å². The fourth-order valence-electron chi connectivity index (χ4n) is 1.93. The van der Waals surface area contributed by atoms with Crippen molar-refractivity contribution in [3.05, 3.63) is 32.6 Å². The lowest BCUT2D eigenvalue weighted by molar-refractivity contribution is 0.0945. The standard InChI is InChI=1S/C13H22N4O3/c1-5-17(6-2)8-7-14-11(18)10-9-15(3)13(20)16(4)12(10)19/h9H,5-8H2,1-4H3,(H,14,18). The van der Waals surface area contributed by atoms with E-state index in [0.29, 0.717) is 6.54 Å². The van der Waals surface area contributed by atoms with E-state index in [1.165, 1.54) is 24.9 Å². The first kappa shape index (κ1) is 16.2. The smallest absolute Gasteiger partial charge is 0.330 e. The lowest BCUT2D eigenvalue weighted by atomic mass is 10.3. The van der Waals surface area contributed by atoms with Crippen LogP contribution in [0.25, 0.3) is 0 Å². The van der Waals surface area contributed by atoms with Gasteiger partial charge in [-0.05, 0) is 13.1 Å². The van der Waals surface area contributed by atoms with Crippen molar-refractivity contribution in [3.8, 4) is 0 Å². The second-order valence-corrected chi connectivity index (χ2v) is 4.58. The van der Waals surface area contributed by atoms with Gasteiger partial charge in [0.2, 0.25) is 0 Å². The lowest BCUT2D eigenvalue weighted by Crippen LogP contribution is -2.43. The number of amides is 1. The predicted molar refractivity (Wildman–Crippen MR) is 77.0 cm³/mol. The molecule has 1 rings (SSSR count). The molecule has 0 unspecified atom stereocenters. The van der Waals surface area contributed by atoms with E-state index in [9.17, 15) is 14.4 Å². The summed E-state index contributed by atoms with van der Waals surface area (Å²) in [5.41, 5.74) is -1.04. The maximum atomic E-state index is 12.0. The lowest BCUT2D eigenvalue weighted by Gasteiger charge is -2.17. The van der Waals surface area contributed by atoms with Crippen LogP contribution >= 0.6 is 0 Å². The van der Waals surface area contributed by atoms with E-state index < -0.39 is 17.2 Å². The Morgan fingerprint density at radius 3 is 2.40 bits per heavy atom. The van der Waals surface area contributed by atoms with E-state index in [-0.39, 0.29) is 5.56 Å². The van der Waals surface area contributed by atoms with E-state index in [1.54, 1.807) is 0 Å². The molecule has 0 saturated heterocycles. The summed E-state index contributed by atoms with van der Waals surface area (Å²) < 4.78 is 2.15. The van der Waals surface area contributed by atoms with Gasteiger partial charge in [0.15, 0.2) is 0 Å². The van der Waals surface area contributed by atoms with Crippen LogP contribution in [0.4, 0.5) is 0 Å². The second-order valence-electron chi connectivity index (χ2n) is 4.58. The highest BCUT2D eigenvalue weighted by molar-refractivity contribution is 5.93. The van der Waals surface area contributed by atoms with Crippen LogP contribution in [0.3, 0.4) is 0 Å². The summed E-state index contributed by atoms with van der Waals surface area (Å²) in [5, 5.41) is 2.70. The van der Waals surface area contributed by atoms with E-state index in [1.807, 2.05) is 13.8 Å². The van der Waals surface area contributed by atoms with Gasteiger partial charge in [-0.25, -0.2) is 4.79 Å². The summed E-state index contributed by atoms with van der Waals surface area (Å²) in [7, 11) is 2.87. The fraction of sp³-hybridized carbons (Fsp3) is 0.615. The minimum absolute atomic E-state index is 0.0193. The summed E-state index contributed by atoms with van der Waals surface area (Å²) in [4.78, 5) is 37.6. The molecule has 0 spiro atoms. The molecule has 7 nitrogen and oxygen atoms in total. The van der Waals surface area contributed by atoms with Crippen molar-refractivity contribution in [1.82, 2.24) is 19.4 Å². The van der Waals surface area contributed by atoms with Crippen LogP contribution in [0.2, 0.25) is 0 Å². The molecule has 0 aliphatic carbocycles. The Morgan fingerprint density at radius 1 is 1.25 bits per heavy atom. The van der Waals surface area contributed by atoms with Crippen LogP contribution in [0.15, 0.2) is 15.8 Å². The third-order valence-corrected chi connectivity index (χ3v) is 3.30. The number of rotatable bonds is 6. The normalized spacial score (nSPS) is 10.8. The number of nitrogens with zero attached hydrogens (tertiary/aromatic N) is 3. The third kappa shape index (κ3) is 3.57. The van der Waals surface area contributed by atoms with Crippen molar-refractivity contribution in [2.24, 2.45) is 14.1 Å². The number of aryl methyl sites for hydroxylation is 1. The van der Waals surface area contributed by atoms with Crippen LogP contribution in [-0.2, 0) is 14.1 Å². The molecule has 1 N–H and O–H groups in total. The molecule has 1 heterocycles. The van der Waals surface area contributed by atoms with Crippen LogP contribution < -0.4 is 16.6 Å². The predicted octanol–water partition coefficient (Wildman–Crippen LogP) is -0.844. The fourth-order valence-corrected chi connectivity index (χ4v) is 1.93. The van der Waals surface area contributed by atoms with E-state index in [2.05, 4.69) is 10.2 Å². The average Bonchev–Trinajstić information content (AvgIpc) is 2.45. The minimum atomic E-state index is -0.576. The van der Waals surface area contributed by atoms with Crippen LogP contribution in [-0.4, -0.2) is 46.1 Å². The minimum Gasteiger partial charge on any atom is -0.351 e. The highest BCUT2D eigenvalue weighted by Crippen LogP contribution is 1.89. The molecule has 112 valence electrons. The molecule has 20 heavy (non-hydrogen) atoms. The Balaban J connectivity index is 2.79. The molecule has 1 aromatic rings. The molecule has 0 aliphatic rings. The molecule has 0 saturated carbocycles. The van der Waals surface area contributed by atoms with Gasteiger partial charge in [-0.2, -0.15) is 0 Å². The summed E-state index contributed by atoms with van der Waals surface area (Å²) >= 11 is 0. The molecular weight excluding hydrogens is 260 g/mol. The number of hydrogen-bond acceptors (Lipinski definition) is 4. The van der Waals surface area contributed by atoms with E-state index in [4.69, 9.17) is 0 Å². The third-order valence-electron chi connectivity index (χ3n) is 3.30. The zero-order chi connectivity index (χ0) is 15.3. The summed E-state index contributed by atoms with van der Waals surface area (Å²) in [6.07, 6.45) is 1.28. The molecule has 0 aliphatic heterocycles. The number of carbonyl (C=O) groups is 1. The monoisotopic (exact) mass is 282 g/mol. The average molecular weight is 282 g/mol. The molecule has 0 radical (unpaired) electrons. The maximum absolute atomic E-state index is 12.0. The van der Waals surface area contributed by atoms with Crippen molar-refractivity contribution in [1.29, 1.82) is 0 Å². The molecule has 0 aromatic carbocycles. The van der Waals surface area contributed by atoms with Gasteiger partial charge in [-0.15, -0.1) is 0 Å². The SMILES string of the molecule is CCN(CC)CCNC(=O)c1cn(C)c(=O)n(C)c1=O. The van der Waals surface area contributed by atoms with Crippen LogP contribution in [0, 0.1) is 0 Å². The molecule has 0 bridgehead atoms. The zero-order valence-corrected chi connectivity index (χ0v) is 12.5. The highest BCUT2D eigenvalue weighted by atomic mass is 16.2. The first-order chi connectivity index (χ1) is 9.42. The topological polar surface area (TPSA) is 76.3 Å². The highest BCUT2D eigenvalue weighted by Gasteiger charge is 2.14. The quantitative estimate of drug-likeness (QED) is 0.738. The largest absolute Gasteiger partial charge is 0.351 e. The Bertz CT molecular complexity index is 584. The molecule has 0 atom stereocenters. The number of aromatic nitrogens is 2. The summed E-state index contributed by atoms with van der Waals surface area (Å²) in [5.74, 6) is -0.451. The number of carbonyl (C=O) groups excluding carboxylic acids is 1. The zero-order valence-electron chi connectivity index (χ0n) is 12.5. The van der Waals surface area contributed by atoms with Crippen molar-refractivity contribution >= 4 is 5.91 Å². The Labute approximate surface area is 117 Å². The molecule has 1 amide bonds. The Morgan fingerprint density at radius 2 is 1.85 bits per heavy atom. The maximum Gasteiger partial charge on any atom is 0.330 e. The van der Waals surface area contributed by atoms with Crippen molar-refractivity contribution in [2.75, 3.05) is 26.2 Å². The van der Waals surface area contributed by atoms with Crippen molar-refractivity contribution in [2.45, 2.75) is 13.8 Å².